The molecule has 0 amide bonds. The molecule has 0 radical (unpaired) electrons. The number of aryl methyl sites for hydroxylation is 1. The smallest absolute Gasteiger partial charge is 0.343 e. The first-order valence-electron chi connectivity index (χ1n) is 10.8. The molecular weight excluding hydrogens is 410 g/mol. The Bertz CT molecular complexity index is 1360. The van der Waals surface area contributed by atoms with Crippen molar-refractivity contribution in [1.82, 2.24) is 14.9 Å². The van der Waals surface area contributed by atoms with Crippen LogP contribution in [0.25, 0.3) is 22.3 Å². The maximum absolute atomic E-state index is 13.4. The number of hydrogen-bond acceptors (Lipinski definition) is 7. The average Bonchev–Trinajstić information content (AvgIpc) is 3.14. The summed E-state index contributed by atoms with van der Waals surface area (Å²) in [6.45, 7) is 4.42. The van der Waals surface area contributed by atoms with Gasteiger partial charge in [0.15, 0.2) is 5.60 Å². The molecule has 2 aromatic heterocycles. The minimum Gasteiger partial charge on any atom is -0.508 e. The van der Waals surface area contributed by atoms with Crippen LogP contribution in [0.2, 0.25) is 0 Å². The van der Waals surface area contributed by atoms with E-state index in [0.717, 1.165) is 27.6 Å². The summed E-state index contributed by atoms with van der Waals surface area (Å²) < 4.78 is 6.77. The lowest BCUT2D eigenvalue weighted by molar-refractivity contribution is -0.172. The zero-order chi connectivity index (χ0) is 22.8. The molecule has 0 saturated carbocycles. The van der Waals surface area contributed by atoms with Gasteiger partial charge in [0.2, 0.25) is 0 Å². The highest BCUT2D eigenvalue weighted by Crippen LogP contribution is 2.41. The van der Waals surface area contributed by atoms with E-state index in [2.05, 4.69) is 5.32 Å². The number of carbonyl (C=O) groups is 1. The molecule has 32 heavy (non-hydrogen) atoms. The van der Waals surface area contributed by atoms with Crippen LogP contribution in [0.5, 0.6) is 5.75 Å². The maximum atomic E-state index is 13.4. The van der Waals surface area contributed by atoms with E-state index in [1.165, 1.54) is 0 Å². The normalized spacial score (nSPS) is 18.9. The van der Waals surface area contributed by atoms with Gasteiger partial charge in [0.1, 0.15) is 12.4 Å². The fraction of sp³-hybridized carbons (Fsp3) is 0.375. The first-order chi connectivity index (χ1) is 15.3. The van der Waals surface area contributed by atoms with Crippen molar-refractivity contribution in [2.75, 3.05) is 7.05 Å². The van der Waals surface area contributed by atoms with Gasteiger partial charge in [-0.3, -0.25) is 4.79 Å². The predicted molar refractivity (Wildman–Crippen MR) is 118 cm³/mol. The number of nitrogens with zero attached hydrogens (tertiary/aromatic N) is 2. The van der Waals surface area contributed by atoms with Crippen molar-refractivity contribution in [2.24, 2.45) is 0 Å². The van der Waals surface area contributed by atoms with Gasteiger partial charge in [0, 0.05) is 28.6 Å². The Balaban J connectivity index is 1.81. The Kier molecular flexibility index (Phi) is 4.61. The van der Waals surface area contributed by atoms with Gasteiger partial charge in [0.25, 0.3) is 5.56 Å². The van der Waals surface area contributed by atoms with Gasteiger partial charge in [-0.1, -0.05) is 13.8 Å². The maximum Gasteiger partial charge on any atom is 0.343 e. The van der Waals surface area contributed by atoms with E-state index >= 15 is 0 Å². The zero-order valence-corrected chi connectivity index (χ0v) is 18.3. The summed E-state index contributed by atoms with van der Waals surface area (Å²) in [5.74, 6) is -0.530. The van der Waals surface area contributed by atoms with Crippen LogP contribution in [-0.2, 0) is 41.2 Å². The van der Waals surface area contributed by atoms with Crippen LogP contribution in [0.3, 0.4) is 0 Å². The molecule has 0 bridgehead atoms. The summed E-state index contributed by atoms with van der Waals surface area (Å²) in [5, 5.41) is 25.4. The summed E-state index contributed by atoms with van der Waals surface area (Å²) in [6.07, 6.45) is 0.807. The summed E-state index contributed by atoms with van der Waals surface area (Å²) in [4.78, 5) is 30.6. The topological polar surface area (TPSA) is 114 Å². The lowest BCUT2D eigenvalue weighted by atomic mass is 9.86. The van der Waals surface area contributed by atoms with Crippen molar-refractivity contribution in [3.63, 3.8) is 0 Å². The molecule has 0 aliphatic carbocycles. The largest absolute Gasteiger partial charge is 0.508 e. The molecule has 0 fully saturated rings. The molecule has 2 aliphatic heterocycles. The van der Waals surface area contributed by atoms with Gasteiger partial charge in [-0.05, 0) is 43.7 Å². The van der Waals surface area contributed by atoms with E-state index in [1.807, 2.05) is 20.0 Å². The molecule has 3 aromatic rings. The van der Waals surface area contributed by atoms with E-state index in [9.17, 15) is 19.8 Å². The lowest BCUT2D eigenvalue weighted by Gasteiger charge is -2.31. The number of ether oxygens (including phenoxy) is 1. The second-order valence-corrected chi connectivity index (χ2v) is 8.40. The standard InChI is InChI=1S/C24H25N3O5/c1-4-13-14-7-20(28)12(9-25-3)6-18(14)26-21-15(13)10-27-19(21)8-17-16(22(27)29)11-32-23(30)24(17,31)5-2/h6-8,25,28,31H,4-5,9-11H2,1-3H3/t24-/m0/s1. The number of benzene rings is 1. The minimum atomic E-state index is -1.85. The van der Waals surface area contributed by atoms with Gasteiger partial charge in [-0.15, -0.1) is 0 Å². The number of cyclic esters (lactones) is 1. The number of fused-ring (bicyclic) bond motifs is 5. The second kappa shape index (κ2) is 7.15. The van der Waals surface area contributed by atoms with E-state index < -0.39 is 11.6 Å². The van der Waals surface area contributed by atoms with Crippen LogP contribution in [0.15, 0.2) is 23.0 Å². The molecule has 166 valence electrons. The summed E-state index contributed by atoms with van der Waals surface area (Å²) >= 11 is 0. The molecule has 0 unspecified atom stereocenters. The van der Waals surface area contributed by atoms with Crippen LogP contribution in [-0.4, -0.2) is 32.8 Å². The number of phenolic OH excluding ortho intramolecular Hbond substituents is 1. The SMILES string of the molecule is CCc1c2c(nc3cc(CNC)c(O)cc13)-c1cc3c(c(=O)n1C2)COC(=O)[C@]3(O)CC. The third-order valence-corrected chi connectivity index (χ3v) is 6.73. The van der Waals surface area contributed by atoms with Crippen molar-refractivity contribution in [3.8, 4) is 17.1 Å². The molecular formula is C24H25N3O5. The molecule has 1 aromatic carbocycles. The number of esters is 1. The van der Waals surface area contributed by atoms with Crippen LogP contribution in [0, 0.1) is 0 Å². The summed E-state index contributed by atoms with van der Waals surface area (Å²) in [7, 11) is 1.81. The highest BCUT2D eigenvalue weighted by Gasteiger charge is 2.45. The number of hydrogen-bond donors (Lipinski definition) is 3. The van der Waals surface area contributed by atoms with E-state index in [-0.39, 0.29) is 24.3 Å². The first kappa shape index (κ1) is 20.7. The second-order valence-electron chi connectivity index (χ2n) is 8.40. The van der Waals surface area contributed by atoms with E-state index in [1.54, 1.807) is 23.6 Å². The summed E-state index contributed by atoms with van der Waals surface area (Å²) in [6, 6.07) is 5.33. The fourth-order valence-corrected chi connectivity index (χ4v) is 4.98. The van der Waals surface area contributed by atoms with E-state index in [4.69, 9.17) is 9.72 Å². The van der Waals surface area contributed by atoms with Crippen molar-refractivity contribution in [1.29, 1.82) is 0 Å². The Labute approximate surface area is 184 Å². The fourth-order valence-electron chi connectivity index (χ4n) is 4.98. The Morgan fingerprint density at radius 1 is 1.22 bits per heavy atom. The van der Waals surface area contributed by atoms with Gasteiger partial charge in [-0.2, -0.15) is 0 Å². The van der Waals surface area contributed by atoms with Crippen LogP contribution in [0.1, 0.15) is 48.1 Å². The predicted octanol–water partition coefficient (Wildman–Crippen LogP) is 2.07. The summed E-state index contributed by atoms with van der Waals surface area (Å²) in [5.41, 5.74) is 3.16. The van der Waals surface area contributed by atoms with Gasteiger partial charge in [0.05, 0.1) is 29.0 Å². The number of phenols is 1. The van der Waals surface area contributed by atoms with Gasteiger partial charge >= 0.3 is 5.97 Å². The third-order valence-electron chi connectivity index (χ3n) is 6.73. The molecule has 1 atom stereocenters. The number of carbonyl (C=O) groups excluding carboxylic acids is 1. The highest BCUT2D eigenvalue weighted by atomic mass is 16.6. The number of pyridine rings is 2. The van der Waals surface area contributed by atoms with Gasteiger partial charge < -0.3 is 24.8 Å². The van der Waals surface area contributed by atoms with Crippen molar-refractivity contribution >= 4 is 16.9 Å². The Hall–Kier alpha value is -3.23. The molecule has 8 nitrogen and oxygen atoms in total. The third kappa shape index (κ3) is 2.66. The number of aliphatic hydroxyl groups is 1. The van der Waals surface area contributed by atoms with E-state index in [0.29, 0.717) is 42.0 Å². The average molecular weight is 435 g/mol. The zero-order valence-electron chi connectivity index (χ0n) is 18.3. The molecule has 4 heterocycles. The first-order valence-corrected chi connectivity index (χ1v) is 10.8. The molecule has 2 aliphatic rings. The molecule has 3 N–H and O–H groups in total. The number of nitrogens with one attached hydrogen (secondary N) is 1. The highest BCUT2D eigenvalue weighted by molar-refractivity contribution is 5.90. The quantitative estimate of drug-likeness (QED) is 0.421. The number of aromatic nitrogens is 2. The van der Waals surface area contributed by atoms with Crippen LogP contribution < -0.4 is 10.9 Å². The van der Waals surface area contributed by atoms with Gasteiger partial charge in [-0.25, -0.2) is 9.78 Å². The van der Waals surface area contributed by atoms with Crippen molar-refractivity contribution in [2.45, 2.75) is 52.0 Å². The van der Waals surface area contributed by atoms with Crippen LogP contribution in [0.4, 0.5) is 0 Å². The van der Waals surface area contributed by atoms with Crippen molar-refractivity contribution < 1.29 is 19.7 Å². The molecule has 0 saturated heterocycles. The lowest BCUT2D eigenvalue weighted by Crippen LogP contribution is -2.44. The minimum absolute atomic E-state index is 0.104. The number of aromatic hydroxyl groups is 1. The molecule has 0 spiro atoms. The van der Waals surface area contributed by atoms with Crippen LogP contribution >= 0.6 is 0 Å². The monoisotopic (exact) mass is 435 g/mol. The number of rotatable bonds is 4. The Morgan fingerprint density at radius 3 is 2.69 bits per heavy atom. The molecule has 5 rings (SSSR count). The molecule has 8 heteroatoms. The Morgan fingerprint density at radius 2 is 2.00 bits per heavy atom. The van der Waals surface area contributed by atoms with Crippen molar-refractivity contribution in [3.05, 3.63) is 56.4 Å².